The van der Waals surface area contributed by atoms with Crippen molar-refractivity contribution in [3.63, 3.8) is 0 Å². The zero-order chi connectivity index (χ0) is 16.4. The number of carbonyl (C=O) groups is 1. The van der Waals surface area contributed by atoms with Gasteiger partial charge in [0, 0.05) is 19.5 Å². The molecule has 4 fully saturated rings. The quantitative estimate of drug-likeness (QED) is 0.571. The number of nitrogens with zero attached hydrogens (tertiary/aromatic N) is 1. The Morgan fingerprint density at radius 1 is 1.09 bits per heavy atom. The normalized spacial score (nSPS) is 48.6. The zero-order valence-corrected chi connectivity index (χ0v) is 16.4. The van der Waals surface area contributed by atoms with Gasteiger partial charge in [-0.25, -0.2) is 0 Å². The Labute approximate surface area is 149 Å². The van der Waals surface area contributed by atoms with Gasteiger partial charge in [0.15, 0.2) is 0 Å². The smallest absolute Gasteiger partial charge is 0.222 e. The number of allylic oxidation sites excluding steroid dienone is 2. The van der Waals surface area contributed by atoms with Crippen LogP contribution in [0.15, 0.2) is 10.1 Å². The number of rotatable bonds is 0. The molecule has 0 unspecified atom stereocenters. The van der Waals surface area contributed by atoms with Crippen molar-refractivity contribution in [1.82, 2.24) is 4.90 Å². The van der Waals surface area contributed by atoms with E-state index in [9.17, 15) is 4.79 Å². The van der Waals surface area contributed by atoms with Gasteiger partial charge in [0.1, 0.15) is 0 Å². The van der Waals surface area contributed by atoms with E-state index in [-0.39, 0.29) is 0 Å². The minimum absolute atomic E-state index is 0.381. The van der Waals surface area contributed by atoms with E-state index in [1.54, 1.807) is 5.57 Å². The van der Waals surface area contributed by atoms with Crippen LogP contribution in [0.1, 0.15) is 65.2 Å². The van der Waals surface area contributed by atoms with Crippen molar-refractivity contribution in [2.45, 2.75) is 71.3 Å². The molecule has 1 aliphatic heterocycles. The van der Waals surface area contributed by atoms with Crippen molar-refractivity contribution in [2.24, 2.45) is 29.1 Å². The molecule has 0 radical (unpaired) electrons. The fourth-order valence-corrected chi connectivity index (χ4v) is 7.69. The zero-order valence-electron chi connectivity index (χ0n) is 14.8. The molecule has 0 aromatic carbocycles. The van der Waals surface area contributed by atoms with E-state index in [1.165, 1.54) is 43.0 Å². The maximum Gasteiger partial charge on any atom is 0.222 e. The molecule has 3 aliphatic carbocycles. The van der Waals surface area contributed by atoms with Gasteiger partial charge in [0.2, 0.25) is 5.91 Å². The molecular formula is C20H30BrNO. The first kappa shape index (κ1) is 16.2. The third kappa shape index (κ3) is 2.28. The van der Waals surface area contributed by atoms with Crippen LogP contribution in [0.3, 0.4) is 0 Å². The van der Waals surface area contributed by atoms with E-state index in [2.05, 4.69) is 41.7 Å². The molecule has 6 atom stereocenters. The Balaban J connectivity index is 1.61. The highest BCUT2D eigenvalue weighted by Gasteiger charge is 2.56. The number of hydrogen-bond acceptors (Lipinski definition) is 1. The van der Waals surface area contributed by atoms with Crippen LogP contribution in [0, 0.1) is 29.1 Å². The van der Waals surface area contributed by atoms with Gasteiger partial charge in [0.05, 0.1) is 0 Å². The standard InChI is InChI=1S/C20H30BrNO/c1-12(21)16-6-7-17-14-4-8-18-15(5-9-19(23)22(18)3)13(14)10-11-20(16,17)2/h13-15,17-18H,4-11H2,1-3H3/b16-12+/t13-,14+,15+,17-,18+,20+/m0/s1. The average Bonchev–Trinajstić information content (AvgIpc) is 2.88. The van der Waals surface area contributed by atoms with Gasteiger partial charge < -0.3 is 4.90 Å². The van der Waals surface area contributed by atoms with Crippen molar-refractivity contribution in [2.75, 3.05) is 7.05 Å². The average molecular weight is 380 g/mol. The minimum atomic E-state index is 0.381. The largest absolute Gasteiger partial charge is 0.342 e. The fraction of sp³-hybridized carbons (Fsp3) is 0.850. The maximum atomic E-state index is 12.1. The van der Waals surface area contributed by atoms with Crippen molar-refractivity contribution < 1.29 is 4.79 Å². The van der Waals surface area contributed by atoms with E-state index in [1.807, 2.05) is 0 Å². The van der Waals surface area contributed by atoms with Crippen LogP contribution in [0.25, 0.3) is 0 Å². The van der Waals surface area contributed by atoms with Gasteiger partial charge in [-0.2, -0.15) is 0 Å². The Hall–Kier alpha value is -0.310. The summed E-state index contributed by atoms with van der Waals surface area (Å²) in [6, 6.07) is 0.538. The lowest BCUT2D eigenvalue weighted by molar-refractivity contribution is -0.143. The second kappa shape index (κ2) is 5.61. The van der Waals surface area contributed by atoms with Crippen LogP contribution in [-0.4, -0.2) is 23.9 Å². The molecule has 1 heterocycles. The van der Waals surface area contributed by atoms with Crippen molar-refractivity contribution in [1.29, 1.82) is 0 Å². The topological polar surface area (TPSA) is 20.3 Å². The van der Waals surface area contributed by atoms with E-state index >= 15 is 0 Å². The number of halogens is 1. The first-order valence-corrected chi connectivity index (χ1v) is 10.3. The van der Waals surface area contributed by atoms with Gasteiger partial charge in [-0.05, 0) is 85.4 Å². The molecule has 0 spiro atoms. The van der Waals surface area contributed by atoms with Crippen LogP contribution in [0.5, 0.6) is 0 Å². The van der Waals surface area contributed by atoms with Crippen LogP contribution >= 0.6 is 15.9 Å². The van der Waals surface area contributed by atoms with Gasteiger partial charge >= 0.3 is 0 Å². The van der Waals surface area contributed by atoms with E-state index in [4.69, 9.17) is 0 Å². The number of carbonyl (C=O) groups excluding carboxylic acids is 1. The SMILES string of the molecule is C/C(Br)=C1/CC[C@H]2[C@@H]3CC[C@@H]4[C@H](CCC(=O)N4C)[C@H]3CC[C@]12C. The Kier molecular flexibility index (Phi) is 3.94. The minimum Gasteiger partial charge on any atom is -0.342 e. The summed E-state index contributed by atoms with van der Waals surface area (Å²) in [7, 11) is 2.05. The van der Waals surface area contributed by atoms with E-state index in [0.717, 1.165) is 36.5 Å². The highest BCUT2D eigenvalue weighted by Crippen LogP contribution is 2.63. The molecule has 1 amide bonds. The molecule has 0 aromatic heterocycles. The number of fused-ring (bicyclic) bond motifs is 5. The van der Waals surface area contributed by atoms with Crippen molar-refractivity contribution in [3.05, 3.63) is 10.1 Å². The first-order chi connectivity index (χ1) is 10.9. The number of hydrogen-bond donors (Lipinski definition) is 0. The Morgan fingerprint density at radius 2 is 1.87 bits per heavy atom. The monoisotopic (exact) mass is 379 g/mol. The molecule has 4 aliphatic rings. The highest BCUT2D eigenvalue weighted by molar-refractivity contribution is 9.11. The second-order valence-corrected chi connectivity index (χ2v) is 9.98. The van der Waals surface area contributed by atoms with Crippen LogP contribution in [-0.2, 0) is 4.79 Å². The molecule has 3 heteroatoms. The predicted molar refractivity (Wildman–Crippen MR) is 97.2 cm³/mol. The summed E-state index contributed by atoms with van der Waals surface area (Å²) < 4.78 is 1.40. The van der Waals surface area contributed by atoms with Gasteiger partial charge in [-0.15, -0.1) is 0 Å². The highest BCUT2D eigenvalue weighted by atomic mass is 79.9. The first-order valence-electron chi connectivity index (χ1n) is 9.55. The lowest BCUT2D eigenvalue weighted by Crippen LogP contribution is -2.55. The summed E-state index contributed by atoms with van der Waals surface area (Å²) in [4.78, 5) is 14.2. The molecule has 128 valence electrons. The van der Waals surface area contributed by atoms with Crippen molar-refractivity contribution in [3.8, 4) is 0 Å². The third-order valence-electron chi connectivity index (χ3n) is 8.12. The Morgan fingerprint density at radius 3 is 2.61 bits per heavy atom. The lowest BCUT2D eigenvalue weighted by Gasteiger charge is -2.56. The molecule has 2 nitrogen and oxygen atoms in total. The van der Waals surface area contributed by atoms with E-state index in [0.29, 0.717) is 17.4 Å². The summed E-state index contributed by atoms with van der Waals surface area (Å²) in [5, 5.41) is 0. The molecule has 23 heavy (non-hydrogen) atoms. The number of amides is 1. The maximum absolute atomic E-state index is 12.1. The molecule has 0 bridgehead atoms. The molecule has 3 saturated carbocycles. The van der Waals surface area contributed by atoms with E-state index < -0.39 is 0 Å². The summed E-state index contributed by atoms with van der Waals surface area (Å²) >= 11 is 3.79. The van der Waals surface area contributed by atoms with Gasteiger partial charge in [-0.3, -0.25) is 4.79 Å². The summed E-state index contributed by atoms with van der Waals surface area (Å²) in [6.07, 6.45) is 9.96. The predicted octanol–water partition coefficient (Wildman–Crippen LogP) is 5.13. The molecule has 4 rings (SSSR count). The number of piperidine rings is 1. The Bertz CT molecular complexity index is 552. The van der Waals surface area contributed by atoms with Crippen LogP contribution < -0.4 is 0 Å². The second-order valence-electron chi connectivity index (χ2n) is 8.79. The van der Waals surface area contributed by atoms with Crippen LogP contribution in [0.2, 0.25) is 0 Å². The van der Waals surface area contributed by atoms with Gasteiger partial charge in [0.25, 0.3) is 0 Å². The lowest BCUT2D eigenvalue weighted by atomic mass is 9.52. The third-order valence-corrected chi connectivity index (χ3v) is 8.59. The molecule has 0 aromatic rings. The molecule has 0 N–H and O–H groups in total. The van der Waals surface area contributed by atoms with Gasteiger partial charge in [-0.1, -0.05) is 28.4 Å². The summed E-state index contributed by atoms with van der Waals surface area (Å²) in [5.74, 6) is 3.82. The fourth-order valence-electron chi connectivity index (χ4n) is 7.04. The molecule has 1 saturated heterocycles. The van der Waals surface area contributed by atoms with Crippen LogP contribution in [0.4, 0.5) is 0 Å². The van der Waals surface area contributed by atoms with Crippen molar-refractivity contribution >= 4 is 21.8 Å². The summed E-state index contributed by atoms with van der Waals surface area (Å²) in [5.41, 5.74) is 2.15. The number of likely N-dealkylation sites (tertiary alicyclic amines) is 1. The summed E-state index contributed by atoms with van der Waals surface area (Å²) in [6.45, 7) is 4.79. The molecular weight excluding hydrogens is 350 g/mol.